The normalized spacial score (nSPS) is 13.1. The Hall–Kier alpha value is -3.75. The van der Waals surface area contributed by atoms with E-state index in [9.17, 15) is 9.59 Å². The number of carbonyl (C=O) groups is 2. The molecule has 3 amide bonds. The number of anilines is 3. The lowest BCUT2D eigenvalue weighted by molar-refractivity contribution is 0.0951. The third-order valence-corrected chi connectivity index (χ3v) is 5.92. The van der Waals surface area contributed by atoms with Crippen molar-refractivity contribution >= 4 is 40.6 Å². The molecule has 0 saturated carbocycles. The fourth-order valence-electron chi connectivity index (χ4n) is 3.72. The van der Waals surface area contributed by atoms with Crippen molar-refractivity contribution in [2.24, 2.45) is 0 Å². The zero-order chi connectivity index (χ0) is 24.6. The molecule has 0 bridgehead atoms. The molecule has 8 nitrogen and oxygen atoms in total. The molecular formula is C26H27ClN4O4. The van der Waals surface area contributed by atoms with Gasteiger partial charge in [0, 0.05) is 25.2 Å². The summed E-state index contributed by atoms with van der Waals surface area (Å²) >= 11 is 6.17. The minimum absolute atomic E-state index is 0.246. The van der Waals surface area contributed by atoms with Gasteiger partial charge in [0.25, 0.3) is 5.91 Å². The number of ether oxygens (including phenoxy) is 2. The quantitative estimate of drug-likeness (QED) is 0.440. The van der Waals surface area contributed by atoms with E-state index in [4.69, 9.17) is 21.1 Å². The van der Waals surface area contributed by atoms with Crippen molar-refractivity contribution in [3.8, 4) is 5.75 Å². The second kappa shape index (κ2) is 11.6. The lowest BCUT2D eigenvalue weighted by atomic mass is 10.1. The largest absolute Gasteiger partial charge is 0.497 e. The number of halogens is 1. The summed E-state index contributed by atoms with van der Waals surface area (Å²) in [6, 6.07) is 19.3. The maximum Gasteiger partial charge on any atom is 0.323 e. The minimum Gasteiger partial charge on any atom is -0.497 e. The van der Waals surface area contributed by atoms with Crippen LogP contribution in [0, 0.1) is 0 Å². The summed E-state index contributed by atoms with van der Waals surface area (Å²) in [6.45, 7) is 2.92. The SMILES string of the molecule is COc1ccc(CNC(=O)c2ccc(N3CCOCC3)c(NC(=O)Nc3ccccc3Cl)c2)cc1. The zero-order valence-corrected chi connectivity index (χ0v) is 20.1. The van der Waals surface area contributed by atoms with Crippen molar-refractivity contribution in [3.05, 3.63) is 82.9 Å². The summed E-state index contributed by atoms with van der Waals surface area (Å²) in [5.74, 6) is 0.508. The van der Waals surface area contributed by atoms with Gasteiger partial charge in [0.15, 0.2) is 0 Å². The summed E-state index contributed by atoms with van der Waals surface area (Å²) in [5.41, 5.74) is 3.21. The number of hydrogen-bond acceptors (Lipinski definition) is 5. The van der Waals surface area contributed by atoms with E-state index in [1.165, 1.54) is 0 Å². The summed E-state index contributed by atoms with van der Waals surface area (Å²) in [6.07, 6.45) is 0. The van der Waals surface area contributed by atoms with Crippen LogP contribution in [0.1, 0.15) is 15.9 Å². The molecule has 3 aromatic rings. The standard InChI is InChI=1S/C26H27ClN4O4/c1-34-20-9-6-18(7-10-20)17-28-25(32)19-8-11-24(31-12-14-35-15-13-31)23(16-19)30-26(33)29-22-5-3-2-4-21(22)27/h2-11,16H,12-15,17H2,1H3,(H,28,32)(H2,29,30,33). The predicted octanol–water partition coefficient (Wildman–Crippen LogP) is 4.76. The van der Waals surface area contributed by atoms with Crippen LogP contribution >= 0.6 is 11.6 Å². The first-order chi connectivity index (χ1) is 17.0. The van der Waals surface area contributed by atoms with Crippen LogP contribution in [-0.4, -0.2) is 45.4 Å². The van der Waals surface area contributed by atoms with Crippen LogP contribution in [0.25, 0.3) is 0 Å². The van der Waals surface area contributed by atoms with Crippen molar-refractivity contribution < 1.29 is 19.1 Å². The molecule has 0 unspecified atom stereocenters. The van der Waals surface area contributed by atoms with E-state index in [-0.39, 0.29) is 5.91 Å². The first kappa shape index (κ1) is 24.4. The van der Waals surface area contributed by atoms with E-state index in [0.29, 0.717) is 54.8 Å². The molecule has 0 spiro atoms. The van der Waals surface area contributed by atoms with Crippen molar-refractivity contribution in [3.63, 3.8) is 0 Å². The van der Waals surface area contributed by atoms with Gasteiger partial charge in [-0.15, -0.1) is 0 Å². The molecular weight excluding hydrogens is 468 g/mol. The predicted molar refractivity (Wildman–Crippen MR) is 138 cm³/mol. The van der Waals surface area contributed by atoms with Crippen molar-refractivity contribution in [2.45, 2.75) is 6.54 Å². The lowest BCUT2D eigenvalue weighted by Gasteiger charge is -2.30. The molecule has 3 N–H and O–H groups in total. The van der Waals surface area contributed by atoms with Gasteiger partial charge in [-0.25, -0.2) is 4.79 Å². The molecule has 1 fully saturated rings. The van der Waals surface area contributed by atoms with Crippen LogP contribution in [0.3, 0.4) is 0 Å². The third-order valence-electron chi connectivity index (χ3n) is 5.59. The Bertz CT molecular complexity index is 1180. The van der Waals surface area contributed by atoms with Gasteiger partial charge in [0.1, 0.15) is 5.75 Å². The molecule has 1 aliphatic rings. The molecule has 0 aromatic heterocycles. The molecule has 9 heteroatoms. The highest BCUT2D eigenvalue weighted by Crippen LogP contribution is 2.29. The Labute approximate surface area is 209 Å². The second-order valence-corrected chi connectivity index (χ2v) is 8.33. The van der Waals surface area contributed by atoms with Crippen LogP contribution in [0.4, 0.5) is 21.9 Å². The monoisotopic (exact) mass is 494 g/mol. The minimum atomic E-state index is -0.455. The second-order valence-electron chi connectivity index (χ2n) is 7.92. The van der Waals surface area contributed by atoms with E-state index in [0.717, 1.165) is 17.0 Å². The van der Waals surface area contributed by atoms with Gasteiger partial charge in [-0.1, -0.05) is 35.9 Å². The highest BCUT2D eigenvalue weighted by Gasteiger charge is 2.19. The fourth-order valence-corrected chi connectivity index (χ4v) is 3.91. The Kier molecular flexibility index (Phi) is 8.07. The van der Waals surface area contributed by atoms with Gasteiger partial charge in [-0.05, 0) is 48.0 Å². The molecule has 0 aliphatic carbocycles. The first-order valence-corrected chi connectivity index (χ1v) is 11.6. The number of carbonyl (C=O) groups excluding carboxylic acids is 2. The van der Waals surface area contributed by atoms with Gasteiger partial charge in [-0.2, -0.15) is 0 Å². The number of urea groups is 1. The van der Waals surface area contributed by atoms with E-state index in [2.05, 4.69) is 20.9 Å². The number of para-hydroxylation sites is 1. The fraction of sp³-hybridized carbons (Fsp3) is 0.231. The van der Waals surface area contributed by atoms with Crippen LogP contribution in [0.5, 0.6) is 5.75 Å². The van der Waals surface area contributed by atoms with E-state index < -0.39 is 6.03 Å². The van der Waals surface area contributed by atoms with Gasteiger partial charge in [0.2, 0.25) is 0 Å². The van der Waals surface area contributed by atoms with E-state index in [1.807, 2.05) is 30.3 Å². The number of benzene rings is 3. The van der Waals surface area contributed by atoms with Gasteiger partial charge in [0.05, 0.1) is 42.4 Å². The van der Waals surface area contributed by atoms with Crippen LogP contribution < -0.4 is 25.6 Å². The summed E-state index contributed by atoms with van der Waals surface area (Å²) in [7, 11) is 1.61. The average Bonchev–Trinajstić information content (AvgIpc) is 2.89. The number of methoxy groups -OCH3 is 1. The summed E-state index contributed by atoms with van der Waals surface area (Å²) in [4.78, 5) is 27.8. The smallest absolute Gasteiger partial charge is 0.323 e. The van der Waals surface area contributed by atoms with Gasteiger partial charge in [-0.3, -0.25) is 4.79 Å². The topological polar surface area (TPSA) is 91.9 Å². The number of nitrogens with zero attached hydrogens (tertiary/aromatic N) is 1. The lowest BCUT2D eigenvalue weighted by Crippen LogP contribution is -2.37. The first-order valence-electron chi connectivity index (χ1n) is 11.2. The molecule has 4 rings (SSSR count). The summed E-state index contributed by atoms with van der Waals surface area (Å²) in [5, 5.41) is 8.99. The maximum absolute atomic E-state index is 12.9. The number of nitrogens with one attached hydrogen (secondary N) is 3. The average molecular weight is 495 g/mol. The highest BCUT2D eigenvalue weighted by atomic mass is 35.5. The van der Waals surface area contributed by atoms with Crippen molar-refractivity contribution in [2.75, 3.05) is 48.9 Å². The maximum atomic E-state index is 12.9. The van der Waals surface area contributed by atoms with Crippen LogP contribution in [0.2, 0.25) is 5.02 Å². The molecule has 0 atom stereocenters. The van der Waals surface area contributed by atoms with Gasteiger partial charge < -0.3 is 30.3 Å². The molecule has 1 aliphatic heterocycles. The highest BCUT2D eigenvalue weighted by molar-refractivity contribution is 6.33. The zero-order valence-electron chi connectivity index (χ0n) is 19.3. The number of amides is 3. The summed E-state index contributed by atoms with van der Waals surface area (Å²) < 4.78 is 10.6. The molecule has 35 heavy (non-hydrogen) atoms. The molecule has 182 valence electrons. The van der Waals surface area contributed by atoms with E-state index >= 15 is 0 Å². The Balaban J connectivity index is 1.50. The van der Waals surface area contributed by atoms with E-state index in [1.54, 1.807) is 43.5 Å². The van der Waals surface area contributed by atoms with Crippen molar-refractivity contribution in [1.29, 1.82) is 0 Å². The third kappa shape index (κ3) is 6.44. The number of hydrogen-bond donors (Lipinski definition) is 3. The Morgan fingerprint density at radius 2 is 1.69 bits per heavy atom. The Morgan fingerprint density at radius 1 is 0.971 bits per heavy atom. The van der Waals surface area contributed by atoms with Gasteiger partial charge >= 0.3 is 6.03 Å². The van der Waals surface area contributed by atoms with Crippen molar-refractivity contribution in [1.82, 2.24) is 5.32 Å². The number of rotatable bonds is 7. The van der Waals surface area contributed by atoms with Crippen LogP contribution in [-0.2, 0) is 11.3 Å². The Morgan fingerprint density at radius 3 is 2.40 bits per heavy atom. The molecule has 3 aromatic carbocycles. The number of morpholine rings is 1. The molecule has 0 radical (unpaired) electrons. The van der Waals surface area contributed by atoms with Crippen LogP contribution in [0.15, 0.2) is 66.7 Å². The molecule has 1 saturated heterocycles. The molecule has 1 heterocycles.